The van der Waals surface area contributed by atoms with E-state index in [0.29, 0.717) is 11.6 Å². The van der Waals surface area contributed by atoms with Crippen molar-refractivity contribution in [3.8, 4) is 6.07 Å². The maximum Gasteiger partial charge on any atom is 0.224 e. The van der Waals surface area contributed by atoms with Crippen LogP contribution in [0.15, 0.2) is 24.3 Å². The van der Waals surface area contributed by atoms with Gasteiger partial charge in [-0.25, -0.2) is 0 Å². The lowest BCUT2D eigenvalue weighted by Crippen LogP contribution is -2.36. The Bertz CT molecular complexity index is 591. The predicted molar refractivity (Wildman–Crippen MR) is 101 cm³/mol. The number of hydrogen-bond acceptors (Lipinski definition) is 4. The van der Waals surface area contributed by atoms with Crippen molar-refractivity contribution in [2.75, 3.05) is 37.6 Å². The van der Waals surface area contributed by atoms with Gasteiger partial charge in [-0.1, -0.05) is 6.92 Å². The van der Waals surface area contributed by atoms with Gasteiger partial charge in [0.05, 0.1) is 17.6 Å². The van der Waals surface area contributed by atoms with Crippen LogP contribution in [0, 0.1) is 17.2 Å². The van der Waals surface area contributed by atoms with Crippen LogP contribution in [-0.4, -0.2) is 49.6 Å². The summed E-state index contributed by atoms with van der Waals surface area (Å²) in [6.45, 7) is 11.1. The summed E-state index contributed by atoms with van der Waals surface area (Å²) >= 11 is 0. The van der Waals surface area contributed by atoms with Gasteiger partial charge in [0, 0.05) is 37.9 Å². The van der Waals surface area contributed by atoms with Crippen LogP contribution in [0.2, 0.25) is 0 Å². The molecule has 0 aromatic heterocycles. The SMILES string of the molecule is CCN(CCCNC(=O)[C@H]1CCN(c2ccc(C#N)cc2)C1)C(C)C. The highest BCUT2D eigenvalue weighted by Crippen LogP contribution is 2.24. The third-order valence-corrected chi connectivity index (χ3v) is 4.98. The van der Waals surface area contributed by atoms with E-state index in [4.69, 9.17) is 5.26 Å². The molecule has 1 N–H and O–H groups in total. The number of nitrogens with zero attached hydrogens (tertiary/aromatic N) is 3. The minimum Gasteiger partial charge on any atom is -0.371 e. The summed E-state index contributed by atoms with van der Waals surface area (Å²) in [5.41, 5.74) is 1.75. The summed E-state index contributed by atoms with van der Waals surface area (Å²) in [4.78, 5) is 17.0. The molecule has 0 bridgehead atoms. The smallest absolute Gasteiger partial charge is 0.224 e. The van der Waals surface area contributed by atoms with Crippen molar-refractivity contribution in [3.05, 3.63) is 29.8 Å². The topological polar surface area (TPSA) is 59.4 Å². The first-order chi connectivity index (χ1) is 12.0. The Morgan fingerprint density at radius 3 is 2.72 bits per heavy atom. The molecular weight excluding hydrogens is 312 g/mol. The third kappa shape index (κ3) is 5.47. The number of carbonyl (C=O) groups is 1. The monoisotopic (exact) mass is 342 g/mol. The maximum atomic E-state index is 12.4. The standard InChI is InChI=1S/C20H30N4O/c1-4-23(16(2)3)12-5-11-22-20(25)18-10-13-24(15-18)19-8-6-17(14-21)7-9-19/h6-9,16,18H,4-5,10-13,15H2,1-3H3,(H,22,25)/t18-/m0/s1. The third-order valence-electron chi connectivity index (χ3n) is 4.98. The molecule has 5 nitrogen and oxygen atoms in total. The lowest BCUT2D eigenvalue weighted by Gasteiger charge is -2.24. The minimum atomic E-state index is 0.0584. The lowest BCUT2D eigenvalue weighted by molar-refractivity contribution is -0.124. The number of hydrogen-bond donors (Lipinski definition) is 1. The molecule has 5 heteroatoms. The van der Waals surface area contributed by atoms with Crippen LogP contribution in [0.3, 0.4) is 0 Å². The highest BCUT2D eigenvalue weighted by atomic mass is 16.1. The number of benzene rings is 1. The van der Waals surface area contributed by atoms with Crippen molar-refractivity contribution in [2.45, 2.75) is 39.7 Å². The molecule has 0 saturated carbocycles. The molecule has 1 aromatic rings. The van der Waals surface area contributed by atoms with Gasteiger partial charge in [0.2, 0.25) is 5.91 Å². The predicted octanol–water partition coefficient (Wildman–Crippen LogP) is 2.62. The highest BCUT2D eigenvalue weighted by molar-refractivity contribution is 5.80. The Kier molecular flexibility index (Phi) is 7.27. The first kappa shape index (κ1) is 19.3. The van der Waals surface area contributed by atoms with Crippen LogP contribution < -0.4 is 10.2 Å². The molecular formula is C20H30N4O. The second-order valence-corrected chi connectivity index (χ2v) is 6.96. The van der Waals surface area contributed by atoms with E-state index in [-0.39, 0.29) is 11.8 Å². The van der Waals surface area contributed by atoms with Crippen LogP contribution in [0.1, 0.15) is 39.2 Å². The molecule has 1 aromatic carbocycles. The van der Waals surface area contributed by atoms with Crippen molar-refractivity contribution >= 4 is 11.6 Å². The van der Waals surface area contributed by atoms with Crippen molar-refractivity contribution in [2.24, 2.45) is 5.92 Å². The number of amides is 1. The highest BCUT2D eigenvalue weighted by Gasteiger charge is 2.28. The summed E-state index contributed by atoms with van der Waals surface area (Å²) in [5, 5.41) is 12.0. The molecule has 1 amide bonds. The average Bonchev–Trinajstić information content (AvgIpc) is 3.11. The second-order valence-electron chi connectivity index (χ2n) is 6.96. The molecule has 136 valence electrons. The number of nitriles is 1. The zero-order valence-corrected chi connectivity index (χ0v) is 15.7. The molecule has 0 radical (unpaired) electrons. The Hall–Kier alpha value is -2.06. The molecule has 2 rings (SSSR count). The van der Waals surface area contributed by atoms with Gasteiger partial charge in [-0.15, -0.1) is 0 Å². The lowest BCUT2D eigenvalue weighted by atomic mass is 10.1. The fourth-order valence-corrected chi connectivity index (χ4v) is 3.38. The van der Waals surface area contributed by atoms with Gasteiger partial charge in [-0.05, 0) is 57.5 Å². The van der Waals surface area contributed by atoms with Crippen LogP contribution in [0.25, 0.3) is 0 Å². The number of nitrogens with one attached hydrogen (secondary N) is 1. The Labute approximate surface area is 151 Å². The van der Waals surface area contributed by atoms with E-state index >= 15 is 0 Å². The molecule has 0 aliphatic carbocycles. The quantitative estimate of drug-likeness (QED) is 0.738. The van der Waals surface area contributed by atoms with Gasteiger partial charge in [-0.2, -0.15) is 5.26 Å². The molecule has 25 heavy (non-hydrogen) atoms. The van der Waals surface area contributed by atoms with Gasteiger partial charge in [0.25, 0.3) is 0 Å². The average molecular weight is 342 g/mol. The van der Waals surface area contributed by atoms with E-state index in [9.17, 15) is 4.79 Å². The van der Waals surface area contributed by atoms with Crippen molar-refractivity contribution < 1.29 is 4.79 Å². The minimum absolute atomic E-state index is 0.0584. The van der Waals surface area contributed by atoms with E-state index in [2.05, 4.69) is 42.0 Å². The summed E-state index contributed by atoms with van der Waals surface area (Å²) in [6, 6.07) is 10.3. The van der Waals surface area contributed by atoms with Crippen molar-refractivity contribution in [1.82, 2.24) is 10.2 Å². The number of anilines is 1. The summed E-state index contributed by atoms with van der Waals surface area (Å²) < 4.78 is 0. The van der Waals surface area contributed by atoms with Crippen molar-refractivity contribution in [3.63, 3.8) is 0 Å². The number of carbonyl (C=O) groups excluding carboxylic acids is 1. The van der Waals surface area contributed by atoms with Gasteiger partial charge in [-0.3, -0.25) is 4.79 Å². The normalized spacial score (nSPS) is 17.1. The molecule has 1 aliphatic rings. The molecule has 1 saturated heterocycles. The van der Waals surface area contributed by atoms with E-state index in [1.54, 1.807) is 0 Å². The Balaban J connectivity index is 1.73. The summed E-state index contributed by atoms with van der Waals surface area (Å²) in [7, 11) is 0. The zero-order valence-electron chi connectivity index (χ0n) is 15.7. The number of rotatable bonds is 8. The van der Waals surface area contributed by atoms with Crippen LogP contribution in [-0.2, 0) is 4.79 Å². The van der Waals surface area contributed by atoms with Crippen molar-refractivity contribution in [1.29, 1.82) is 5.26 Å². The molecule has 0 spiro atoms. The van der Waals surface area contributed by atoms with E-state index < -0.39 is 0 Å². The molecule has 1 aliphatic heterocycles. The van der Waals surface area contributed by atoms with Crippen LogP contribution in [0.5, 0.6) is 0 Å². The Morgan fingerprint density at radius 2 is 2.12 bits per heavy atom. The first-order valence-electron chi connectivity index (χ1n) is 9.32. The fraction of sp³-hybridized carbons (Fsp3) is 0.600. The van der Waals surface area contributed by atoms with Gasteiger partial charge >= 0.3 is 0 Å². The second kappa shape index (κ2) is 9.43. The van der Waals surface area contributed by atoms with Crippen LogP contribution in [0.4, 0.5) is 5.69 Å². The summed E-state index contributed by atoms with van der Waals surface area (Å²) in [6.07, 6.45) is 1.88. The van der Waals surface area contributed by atoms with Crippen LogP contribution >= 0.6 is 0 Å². The summed E-state index contributed by atoms with van der Waals surface area (Å²) in [5.74, 6) is 0.228. The Morgan fingerprint density at radius 1 is 1.40 bits per heavy atom. The molecule has 1 heterocycles. The van der Waals surface area contributed by atoms with Gasteiger partial charge < -0.3 is 15.1 Å². The fourth-order valence-electron chi connectivity index (χ4n) is 3.38. The van der Waals surface area contributed by atoms with E-state index in [0.717, 1.165) is 51.3 Å². The van der Waals surface area contributed by atoms with Gasteiger partial charge in [0.15, 0.2) is 0 Å². The van der Waals surface area contributed by atoms with Gasteiger partial charge in [0.1, 0.15) is 0 Å². The zero-order chi connectivity index (χ0) is 18.2. The first-order valence-corrected chi connectivity index (χ1v) is 9.32. The van der Waals surface area contributed by atoms with E-state index in [1.807, 2.05) is 24.3 Å². The molecule has 1 atom stereocenters. The molecule has 1 fully saturated rings. The molecule has 0 unspecified atom stereocenters. The van der Waals surface area contributed by atoms with E-state index in [1.165, 1.54) is 0 Å². The largest absolute Gasteiger partial charge is 0.371 e. The maximum absolute atomic E-state index is 12.4.